The molecular weight excluding hydrogens is 253 g/mol. The highest BCUT2D eigenvalue weighted by atomic mass is 19.1. The van der Waals surface area contributed by atoms with Gasteiger partial charge in [0.2, 0.25) is 0 Å². The van der Waals surface area contributed by atoms with E-state index in [-0.39, 0.29) is 11.6 Å². The minimum absolute atomic E-state index is 0.00609. The highest BCUT2D eigenvalue weighted by Crippen LogP contribution is 2.24. The maximum absolute atomic E-state index is 13.5. The maximum Gasteiger partial charge on any atom is 0.161 e. The number of benzene rings is 2. The monoisotopic (exact) mass is 267 g/mol. The van der Waals surface area contributed by atoms with E-state index in [1.54, 1.807) is 12.3 Å². The van der Waals surface area contributed by atoms with Crippen LogP contribution in [0.25, 0.3) is 10.9 Å². The molecule has 0 saturated carbocycles. The predicted octanol–water partition coefficient (Wildman–Crippen LogP) is 4.03. The van der Waals surface area contributed by atoms with Gasteiger partial charge >= 0.3 is 0 Å². The molecule has 2 nitrogen and oxygen atoms in total. The summed E-state index contributed by atoms with van der Waals surface area (Å²) in [7, 11) is 0. The van der Waals surface area contributed by atoms with Crippen molar-refractivity contribution in [3.63, 3.8) is 0 Å². The van der Waals surface area contributed by atoms with E-state index in [4.69, 9.17) is 0 Å². The van der Waals surface area contributed by atoms with E-state index in [1.165, 1.54) is 19.1 Å². The summed E-state index contributed by atoms with van der Waals surface area (Å²) in [6.07, 6.45) is 1.80. The van der Waals surface area contributed by atoms with Crippen molar-refractivity contribution in [2.24, 2.45) is 0 Å². The molecule has 0 N–H and O–H groups in total. The second-order valence-electron chi connectivity index (χ2n) is 4.87. The molecule has 0 unspecified atom stereocenters. The van der Waals surface area contributed by atoms with Gasteiger partial charge in [0.1, 0.15) is 5.82 Å². The number of Topliss-reactive ketones (excluding diaryl/α,β-unsaturated/α-hetero) is 1. The summed E-state index contributed by atoms with van der Waals surface area (Å²) < 4.78 is 15.4. The third kappa shape index (κ3) is 2.23. The summed E-state index contributed by atoms with van der Waals surface area (Å²) in [5, 5.41) is 0.801. The van der Waals surface area contributed by atoms with Crippen molar-refractivity contribution in [2.45, 2.75) is 13.5 Å². The van der Waals surface area contributed by atoms with E-state index in [9.17, 15) is 9.18 Å². The Kier molecular flexibility index (Phi) is 3.11. The van der Waals surface area contributed by atoms with Crippen LogP contribution in [0.1, 0.15) is 22.8 Å². The Morgan fingerprint density at radius 1 is 1.15 bits per heavy atom. The summed E-state index contributed by atoms with van der Waals surface area (Å²) in [6.45, 7) is 2.15. The lowest BCUT2D eigenvalue weighted by Crippen LogP contribution is -1.98. The van der Waals surface area contributed by atoms with Gasteiger partial charge in [-0.2, -0.15) is 0 Å². The molecule has 0 fully saturated rings. The molecule has 0 saturated heterocycles. The molecule has 100 valence electrons. The standard InChI is InChI=1S/C17H14FNO/c1-12(20)16-11-19(10-13-5-3-2-4-6-13)17-9-14(18)7-8-15(16)17/h2-9,11H,10H2,1H3. The molecule has 2 aromatic carbocycles. The van der Waals surface area contributed by atoms with Gasteiger partial charge in [0.05, 0.1) is 5.52 Å². The van der Waals surface area contributed by atoms with Gasteiger partial charge in [-0.15, -0.1) is 0 Å². The average molecular weight is 267 g/mol. The summed E-state index contributed by atoms with van der Waals surface area (Å²) in [6, 6.07) is 14.4. The Morgan fingerprint density at radius 2 is 1.90 bits per heavy atom. The number of aromatic nitrogens is 1. The second kappa shape index (κ2) is 4.93. The Balaban J connectivity index is 2.15. The second-order valence-corrected chi connectivity index (χ2v) is 4.87. The molecule has 1 heterocycles. The zero-order valence-electron chi connectivity index (χ0n) is 11.1. The first-order valence-corrected chi connectivity index (χ1v) is 6.48. The van der Waals surface area contributed by atoms with Crippen LogP contribution in [0.15, 0.2) is 54.7 Å². The first kappa shape index (κ1) is 12.6. The van der Waals surface area contributed by atoms with Crippen LogP contribution in [0.3, 0.4) is 0 Å². The molecule has 3 aromatic rings. The van der Waals surface area contributed by atoms with Crippen molar-refractivity contribution < 1.29 is 9.18 Å². The first-order chi connectivity index (χ1) is 9.65. The van der Waals surface area contributed by atoms with E-state index in [2.05, 4.69) is 0 Å². The van der Waals surface area contributed by atoms with Crippen LogP contribution in [-0.2, 0) is 6.54 Å². The molecule has 0 bridgehead atoms. The van der Waals surface area contributed by atoms with Gasteiger partial charge in [0.15, 0.2) is 5.78 Å². The molecule has 0 aliphatic rings. The summed E-state index contributed by atoms with van der Waals surface area (Å²) in [5.41, 5.74) is 2.50. The number of fused-ring (bicyclic) bond motifs is 1. The van der Waals surface area contributed by atoms with Crippen LogP contribution in [0, 0.1) is 5.82 Å². The van der Waals surface area contributed by atoms with Crippen molar-refractivity contribution in [1.29, 1.82) is 0 Å². The number of halogens is 1. The van der Waals surface area contributed by atoms with Crippen molar-refractivity contribution in [2.75, 3.05) is 0 Å². The number of hydrogen-bond acceptors (Lipinski definition) is 1. The lowest BCUT2D eigenvalue weighted by molar-refractivity contribution is 0.101. The fourth-order valence-corrected chi connectivity index (χ4v) is 2.46. The Hall–Kier alpha value is -2.42. The zero-order chi connectivity index (χ0) is 14.1. The molecule has 1 aromatic heterocycles. The Morgan fingerprint density at radius 3 is 2.60 bits per heavy atom. The van der Waals surface area contributed by atoms with Gasteiger partial charge in [-0.1, -0.05) is 30.3 Å². The number of carbonyl (C=O) groups is 1. The van der Waals surface area contributed by atoms with Gasteiger partial charge in [0.25, 0.3) is 0 Å². The van der Waals surface area contributed by atoms with Crippen molar-refractivity contribution in [3.05, 3.63) is 71.7 Å². The molecular formula is C17H14FNO. The third-order valence-corrected chi connectivity index (χ3v) is 3.42. The lowest BCUT2D eigenvalue weighted by atomic mass is 10.1. The highest BCUT2D eigenvalue weighted by Gasteiger charge is 2.12. The zero-order valence-corrected chi connectivity index (χ0v) is 11.1. The molecule has 0 atom stereocenters. The number of nitrogens with zero attached hydrogens (tertiary/aromatic N) is 1. The number of rotatable bonds is 3. The Labute approximate surface area is 116 Å². The van der Waals surface area contributed by atoms with Crippen LogP contribution >= 0.6 is 0 Å². The highest BCUT2D eigenvalue weighted by molar-refractivity contribution is 6.07. The van der Waals surface area contributed by atoms with E-state index in [1.807, 2.05) is 34.9 Å². The first-order valence-electron chi connectivity index (χ1n) is 6.48. The maximum atomic E-state index is 13.5. The Bertz CT molecular complexity index is 774. The van der Waals surface area contributed by atoms with Gasteiger partial charge in [-0.25, -0.2) is 4.39 Å². The molecule has 0 spiro atoms. The quantitative estimate of drug-likeness (QED) is 0.657. The van der Waals surface area contributed by atoms with Crippen molar-refractivity contribution >= 4 is 16.7 Å². The van der Waals surface area contributed by atoms with E-state index in [0.29, 0.717) is 12.1 Å². The number of carbonyl (C=O) groups excluding carboxylic acids is 1. The van der Waals surface area contributed by atoms with Gasteiger partial charge in [0, 0.05) is 23.7 Å². The topological polar surface area (TPSA) is 22.0 Å². The fraction of sp³-hybridized carbons (Fsp3) is 0.118. The van der Waals surface area contributed by atoms with E-state index < -0.39 is 0 Å². The third-order valence-electron chi connectivity index (χ3n) is 3.42. The predicted molar refractivity (Wildman–Crippen MR) is 77.4 cm³/mol. The minimum Gasteiger partial charge on any atom is -0.342 e. The van der Waals surface area contributed by atoms with Gasteiger partial charge in [-0.05, 0) is 30.7 Å². The van der Waals surface area contributed by atoms with Crippen LogP contribution in [0.2, 0.25) is 0 Å². The smallest absolute Gasteiger partial charge is 0.161 e. The molecule has 20 heavy (non-hydrogen) atoms. The van der Waals surface area contributed by atoms with E-state index >= 15 is 0 Å². The molecule has 3 rings (SSSR count). The van der Waals surface area contributed by atoms with Gasteiger partial charge in [-0.3, -0.25) is 4.79 Å². The summed E-state index contributed by atoms with van der Waals surface area (Å²) in [5.74, 6) is -0.298. The fourth-order valence-electron chi connectivity index (χ4n) is 2.46. The average Bonchev–Trinajstić information content (AvgIpc) is 2.78. The van der Waals surface area contributed by atoms with E-state index in [0.717, 1.165) is 16.5 Å². The van der Waals surface area contributed by atoms with Crippen LogP contribution in [0.4, 0.5) is 4.39 Å². The largest absolute Gasteiger partial charge is 0.342 e. The minimum atomic E-state index is -0.292. The van der Waals surface area contributed by atoms with Crippen molar-refractivity contribution in [3.8, 4) is 0 Å². The molecule has 0 aliphatic carbocycles. The van der Waals surface area contributed by atoms with Crippen molar-refractivity contribution in [1.82, 2.24) is 4.57 Å². The van der Waals surface area contributed by atoms with Crippen LogP contribution in [-0.4, -0.2) is 10.4 Å². The molecule has 0 radical (unpaired) electrons. The summed E-state index contributed by atoms with van der Waals surface area (Å²) in [4.78, 5) is 11.7. The lowest BCUT2D eigenvalue weighted by Gasteiger charge is -2.05. The SMILES string of the molecule is CC(=O)c1cn(Cc2ccccc2)c2cc(F)ccc12. The number of hydrogen-bond donors (Lipinski definition) is 0. The van der Waals surface area contributed by atoms with Crippen LogP contribution < -0.4 is 0 Å². The molecule has 0 amide bonds. The van der Waals surface area contributed by atoms with Gasteiger partial charge < -0.3 is 4.57 Å². The molecule has 0 aliphatic heterocycles. The van der Waals surface area contributed by atoms with Crippen LogP contribution in [0.5, 0.6) is 0 Å². The summed E-state index contributed by atoms with van der Waals surface area (Å²) >= 11 is 0. The number of ketones is 1. The molecule has 3 heteroatoms. The normalized spacial score (nSPS) is 10.9.